The van der Waals surface area contributed by atoms with E-state index in [0.717, 1.165) is 51.6 Å². The molecule has 3 rings (SSSR count). The topological polar surface area (TPSA) is 59.3 Å². The van der Waals surface area contributed by atoms with Crippen molar-refractivity contribution in [2.45, 2.75) is 27.3 Å². The molecule has 0 saturated carbocycles. The highest BCUT2D eigenvalue weighted by Crippen LogP contribution is 2.22. The van der Waals surface area contributed by atoms with Gasteiger partial charge in [-0.3, -0.25) is 4.90 Å². The van der Waals surface area contributed by atoms with E-state index in [1.54, 1.807) is 6.20 Å². The molecule has 1 aliphatic rings. The number of anilines is 1. The average molecular weight is 419 g/mol. The molecule has 0 bridgehead atoms. The molecule has 0 aliphatic carbocycles. The van der Waals surface area contributed by atoms with Crippen molar-refractivity contribution in [3.05, 3.63) is 59.6 Å². The molecular formula is C25H34N6. The summed E-state index contributed by atoms with van der Waals surface area (Å²) in [6.45, 7) is 13.8. The highest BCUT2D eigenvalue weighted by Gasteiger charge is 2.19. The Bertz CT molecular complexity index is 899. The van der Waals surface area contributed by atoms with E-state index < -0.39 is 0 Å². The molecule has 0 atom stereocenters. The van der Waals surface area contributed by atoms with Crippen molar-refractivity contribution in [1.82, 2.24) is 19.8 Å². The van der Waals surface area contributed by atoms with E-state index in [0.29, 0.717) is 0 Å². The zero-order valence-corrected chi connectivity index (χ0v) is 19.3. The third-order valence-corrected chi connectivity index (χ3v) is 5.35. The molecule has 1 aliphatic heterocycles. The van der Waals surface area contributed by atoms with Gasteiger partial charge in [0.15, 0.2) is 0 Å². The predicted octanol–water partition coefficient (Wildman–Crippen LogP) is 3.66. The summed E-state index contributed by atoms with van der Waals surface area (Å²) < 4.78 is 0. The van der Waals surface area contributed by atoms with Crippen molar-refractivity contribution >= 4 is 11.9 Å². The van der Waals surface area contributed by atoms with Crippen LogP contribution in [0.5, 0.6) is 0 Å². The molecule has 1 aromatic heterocycles. The Labute approximate surface area is 186 Å². The van der Waals surface area contributed by atoms with Crippen LogP contribution >= 0.6 is 0 Å². The van der Waals surface area contributed by atoms with E-state index in [-0.39, 0.29) is 11.2 Å². The highest BCUT2D eigenvalue weighted by atomic mass is 15.2. The maximum absolute atomic E-state index is 9.16. The number of rotatable bonds is 7. The van der Waals surface area contributed by atoms with Crippen LogP contribution in [0.15, 0.2) is 42.6 Å². The van der Waals surface area contributed by atoms with Crippen molar-refractivity contribution in [3.63, 3.8) is 0 Å². The average Bonchev–Trinajstić information content (AvgIpc) is 2.75. The summed E-state index contributed by atoms with van der Waals surface area (Å²) in [5.41, 5.74) is 2.54. The third-order valence-electron chi connectivity index (χ3n) is 5.35. The summed E-state index contributed by atoms with van der Waals surface area (Å²) in [4.78, 5) is 15.5. The molecule has 0 spiro atoms. The zero-order chi connectivity index (χ0) is 22.3. The van der Waals surface area contributed by atoms with Gasteiger partial charge in [-0.2, -0.15) is 5.26 Å². The smallest absolute Gasteiger partial charge is 0.234 e. The quantitative estimate of drug-likeness (QED) is 0.684. The Morgan fingerprint density at radius 3 is 2.45 bits per heavy atom. The summed E-state index contributed by atoms with van der Waals surface area (Å²) in [7, 11) is 2.19. The molecule has 164 valence electrons. The fraction of sp³-hybridized carbons (Fsp3) is 0.480. The monoisotopic (exact) mass is 418 g/mol. The summed E-state index contributed by atoms with van der Waals surface area (Å²) >= 11 is 0. The largest absolute Gasteiger partial charge is 0.352 e. The van der Waals surface area contributed by atoms with Gasteiger partial charge in [-0.05, 0) is 29.7 Å². The van der Waals surface area contributed by atoms with Gasteiger partial charge in [-0.15, -0.1) is 0 Å². The van der Waals surface area contributed by atoms with Crippen molar-refractivity contribution in [1.29, 1.82) is 5.26 Å². The van der Waals surface area contributed by atoms with Gasteiger partial charge in [0.1, 0.15) is 11.9 Å². The van der Waals surface area contributed by atoms with Gasteiger partial charge in [0.2, 0.25) is 5.82 Å². The first-order chi connectivity index (χ1) is 14.8. The number of hydrogen-bond acceptors (Lipinski definition) is 6. The minimum atomic E-state index is 0.101. The number of nitriles is 1. The second-order valence-corrected chi connectivity index (χ2v) is 9.51. The van der Waals surface area contributed by atoms with E-state index in [1.165, 1.54) is 11.1 Å². The van der Waals surface area contributed by atoms with Crippen molar-refractivity contribution in [2.75, 3.05) is 51.2 Å². The van der Waals surface area contributed by atoms with Crippen LogP contribution in [0.2, 0.25) is 0 Å². The van der Waals surface area contributed by atoms with Gasteiger partial charge < -0.3 is 9.80 Å². The van der Waals surface area contributed by atoms with Crippen LogP contribution in [0.3, 0.4) is 0 Å². The SMILES string of the molecule is CN1CCN(C/C=C/c2ccc(CN(CC(C)(C)C)c3ccnc(C#N)n3)cc2)CC1. The zero-order valence-electron chi connectivity index (χ0n) is 19.3. The van der Waals surface area contributed by atoms with Crippen LogP contribution in [-0.2, 0) is 6.54 Å². The number of piperazine rings is 1. The molecule has 31 heavy (non-hydrogen) atoms. The van der Waals surface area contributed by atoms with E-state index in [1.807, 2.05) is 12.1 Å². The van der Waals surface area contributed by atoms with Crippen LogP contribution in [0.25, 0.3) is 6.08 Å². The lowest BCUT2D eigenvalue weighted by atomic mass is 9.95. The lowest BCUT2D eigenvalue weighted by Gasteiger charge is -2.31. The second-order valence-electron chi connectivity index (χ2n) is 9.51. The van der Waals surface area contributed by atoms with Gasteiger partial charge in [-0.25, -0.2) is 9.97 Å². The lowest BCUT2D eigenvalue weighted by Crippen LogP contribution is -2.44. The summed E-state index contributed by atoms with van der Waals surface area (Å²) in [6.07, 6.45) is 6.12. The fourth-order valence-corrected chi connectivity index (χ4v) is 3.69. The molecule has 0 N–H and O–H groups in total. The van der Waals surface area contributed by atoms with Crippen LogP contribution in [0.1, 0.15) is 37.7 Å². The van der Waals surface area contributed by atoms with Crippen LogP contribution < -0.4 is 4.90 Å². The first kappa shape index (κ1) is 22.9. The number of nitrogens with zero attached hydrogens (tertiary/aromatic N) is 6. The summed E-state index contributed by atoms with van der Waals surface area (Å²) in [5, 5.41) is 9.16. The van der Waals surface area contributed by atoms with Crippen molar-refractivity contribution in [3.8, 4) is 6.07 Å². The molecule has 1 aromatic carbocycles. The minimum Gasteiger partial charge on any atom is -0.352 e. The Morgan fingerprint density at radius 2 is 1.81 bits per heavy atom. The molecular weight excluding hydrogens is 384 g/mol. The van der Waals surface area contributed by atoms with Crippen LogP contribution in [-0.4, -0.2) is 66.1 Å². The molecule has 6 nitrogen and oxygen atoms in total. The lowest BCUT2D eigenvalue weighted by molar-refractivity contribution is 0.167. The molecule has 1 saturated heterocycles. The number of likely N-dealkylation sites (N-methyl/N-ethyl adjacent to an activating group) is 1. The van der Waals surface area contributed by atoms with E-state index in [9.17, 15) is 0 Å². The molecule has 2 heterocycles. The van der Waals surface area contributed by atoms with Crippen LogP contribution in [0.4, 0.5) is 5.82 Å². The van der Waals surface area contributed by atoms with Crippen molar-refractivity contribution in [2.24, 2.45) is 5.41 Å². The van der Waals surface area contributed by atoms with E-state index >= 15 is 0 Å². The van der Waals surface area contributed by atoms with Gasteiger partial charge in [0, 0.05) is 52.0 Å². The summed E-state index contributed by atoms with van der Waals surface area (Å²) in [5.74, 6) is 0.995. The second kappa shape index (κ2) is 10.5. The normalized spacial score (nSPS) is 15.8. The number of hydrogen-bond donors (Lipinski definition) is 0. The molecule has 2 aromatic rings. The van der Waals surface area contributed by atoms with Crippen molar-refractivity contribution < 1.29 is 0 Å². The maximum atomic E-state index is 9.16. The first-order valence-electron chi connectivity index (χ1n) is 11.0. The minimum absolute atomic E-state index is 0.101. The number of aromatic nitrogens is 2. The third kappa shape index (κ3) is 7.46. The Balaban J connectivity index is 1.63. The molecule has 0 unspecified atom stereocenters. The number of benzene rings is 1. The molecule has 0 amide bonds. The van der Waals surface area contributed by atoms with E-state index in [2.05, 4.69) is 88.9 Å². The standard InChI is InChI=1S/C25H34N6/c1-25(2,3)20-31(24-11-12-27-23(18-26)28-24)19-22-9-7-21(8-10-22)6-5-13-30-16-14-29(4)15-17-30/h5-12H,13-17,19-20H2,1-4H3/b6-5+. The van der Waals surface area contributed by atoms with Gasteiger partial charge >= 0.3 is 0 Å². The molecule has 6 heteroatoms. The van der Waals surface area contributed by atoms with Crippen LogP contribution in [0, 0.1) is 16.7 Å². The fourth-order valence-electron chi connectivity index (χ4n) is 3.69. The molecule has 0 radical (unpaired) electrons. The Hall–Kier alpha value is -2.75. The maximum Gasteiger partial charge on any atom is 0.234 e. The predicted molar refractivity (Wildman–Crippen MR) is 127 cm³/mol. The summed E-state index contributed by atoms with van der Waals surface area (Å²) in [6, 6.07) is 12.6. The van der Waals surface area contributed by atoms with Gasteiger partial charge in [0.05, 0.1) is 0 Å². The first-order valence-corrected chi connectivity index (χ1v) is 11.0. The Morgan fingerprint density at radius 1 is 1.10 bits per heavy atom. The molecule has 1 fully saturated rings. The Kier molecular flexibility index (Phi) is 7.78. The van der Waals surface area contributed by atoms with Gasteiger partial charge in [-0.1, -0.05) is 57.2 Å². The van der Waals surface area contributed by atoms with E-state index in [4.69, 9.17) is 5.26 Å². The highest BCUT2D eigenvalue weighted by molar-refractivity contribution is 5.50. The van der Waals surface area contributed by atoms with Gasteiger partial charge in [0.25, 0.3) is 0 Å².